The van der Waals surface area contributed by atoms with Crippen LogP contribution in [-0.4, -0.2) is 38.2 Å². The number of pyridine rings is 1. The highest BCUT2D eigenvalue weighted by Crippen LogP contribution is 2.29. The quantitative estimate of drug-likeness (QED) is 0.650. The molecule has 0 amide bonds. The highest BCUT2D eigenvalue weighted by molar-refractivity contribution is 7.45. The summed E-state index contributed by atoms with van der Waals surface area (Å²) in [7, 11) is -2.45. The van der Waals surface area contributed by atoms with Crippen molar-refractivity contribution >= 4 is 7.82 Å². The second-order valence-corrected chi connectivity index (χ2v) is 4.96. The van der Waals surface area contributed by atoms with Crippen LogP contribution in [0.5, 0.6) is 0 Å². The number of hydrogen-bond donors (Lipinski definition) is 3. The normalized spacial score (nSPS) is 20.8. The van der Waals surface area contributed by atoms with E-state index in [9.17, 15) is 0 Å². The number of aromatic nitrogens is 1. The number of phosphoric acid groups is 1. The fraction of sp³-hybridized carbons (Fsp3) is 0.500. The van der Waals surface area contributed by atoms with E-state index in [-0.39, 0.29) is 0 Å². The molecule has 2 heterocycles. The first kappa shape index (κ1) is 14.3. The van der Waals surface area contributed by atoms with Crippen LogP contribution in [0.25, 0.3) is 0 Å². The van der Waals surface area contributed by atoms with Crippen molar-refractivity contribution < 1.29 is 19.2 Å². The molecular formula is C10H17N2O4P. The predicted molar refractivity (Wildman–Crippen MR) is 63.1 cm³/mol. The van der Waals surface area contributed by atoms with E-state index in [4.69, 9.17) is 19.2 Å². The molecule has 1 aliphatic rings. The average Bonchev–Trinajstić information content (AvgIpc) is 2.63. The van der Waals surface area contributed by atoms with E-state index in [1.54, 1.807) is 0 Å². The Morgan fingerprint density at radius 2 is 2.12 bits per heavy atom. The van der Waals surface area contributed by atoms with Crippen LogP contribution in [0.2, 0.25) is 0 Å². The average molecular weight is 260 g/mol. The van der Waals surface area contributed by atoms with Crippen LogP contribution in [0.1, 0.15) is 24.4 Å². The monoisotopic (exact) mass is 260 g/mol. The zero-order valence-corrected chi connectivity index (χ0v) is 10.5. The third-order valence-electron chi connectivity index (χ3n) is 2.59. The minimum Gasteiger partial charge on any atom is -0.303 e. The molecule has 96 valence electrons. The van der Waals surface area contributed by atoms with Crippen molar-refractivity contribution in [1.82, 2.24) is 9.88 Å². The molecule has 0 bridgehead atoms. The second-order valence-electron chi connectivity index (χ2n) is 3.94. The first-order chi connectivity index (χ1) is 7.88. The van der Waals surface area contributed by atoms with Crippen LogP contribution in [0.4, 0.5) is 0 Å². The van der Waals surface area contributed by atoms with Crippen molar-refractivity contribution in [3.63, 3.8) is 0 Å². The van der Waals surface area contributed by atoms with Crippen LogP contribution in [0, 0.1) is 0 Å². The molecule has 0 aromatic carbocycles. The van der Waals surface area contributed by atoms with E-state index in [0.29, 0.717) is 6.04 Å². The zero-order chi connectivity index (χ0) is 12.9. The largest absolute Gasteiger partial charge is 0.466 e. The molecule has 0 radical (unpaired) electrons. The molecule has 1 fully saturated rings. The number of rotatable bonds is 1. The summed E-state index contributed by atoms with van der Waals surface area (Å²) in [5.41, 5.74) is 1.36. The Hall–Kier alpha value is -0.780. The summed E-state index contributed by atoms with van der Waals surface area (Å²) in [6.07, 6.45) is 6.41. The standard InChI is InChI=1S/C10H14N2.H3O4P/c1-12-7-3-5-10(12)9-4-2-6-11-8-9;1-5(2,3)4/h2,4,6,8,10H,3,5,7H2,1H3;(H3,1,2,3,4). The molecule has 0 saturated carbocycles. The first-order valence-electron chi connectivity index (χ1n) is 5.26. The number of nitrogens with zero attached hydrogens (tertiary/aromatic N) is 2. The van der Waals surface area contributed by atoms with Crippen molar-refractivity contribution in [2.45, 2.75) is 18.9 Å². The molecule has 1 atom stereocenters. The molecule has 17 heavy (non-hydrogen) atoms. The summed E-state index contributed by atoms with van der Waals surface area (Å²) in [5, 5.41) is 0. The molecule has 6 nitrogen and oxygen atoms in total. The zero-order valence-electron chi connectivity index (χ0n) is 9.60. The Bertz CT molecular complexity index is 373. The third-order valence-corrected chi connectivity index (χ3v) is 2.59. The van der Waals surface area contributed by atoms with Crippen molar-refractivity contribution in [3.05, 3.63) is 30.1 Å². The minimum atomic E-state index is -4.64. The summed E-state index contributed by atoms with van der Waals surface area (Å²) in [4.78, 5) is 28.1. The van der Waals surface area contributed by atoms with Crippen LogP contribution in [0.3, 0.4) is 0 Å². The summed E-state index contributed by atoms with van der Waals surface area (Å²) in [6.45, 7) is 1.22. The maximum absolute atomic E-state index is 8.88. The van der Waals surface area contributed by atoms with Gasteiger partial charge in [0.1, 0.15) is 0 Å². The van der Waals surface area contributed by atoms with Crippen molar-refractivity contribution in [2.75, 3.05) is 13.6 Å². The molecule has 1 unspecified atom stereocenters. The van der Waals surface area contributed by atoms with Gasteiger partial charge in [-0.3, -0.25) is 9.88 Å². The lowest BCUT2D eigenvalue weighted by Crippen LogP contribution is -2.17. The lowest BCUT2D eigenvalue weighted by molar-refractivity contribution is 0.275. The Labute approximate surface area is 100 Å². The predicted octanol–water partition coefficient (Wildman–Crippen LogP) is 0.920. The molecule has 3 N–H and O–H groups in total. The summed E-state index contributed by atoms with van der Waals surface area (Å²) >= 11 is 0. The summed E-state index contributed by atoms with van der Waals surface area (Å²) < 4.78 is 8.88. The Morgan fingerprint density at radius 3 is 2.53 bits per heavy atom. The maximum Gasteiger partial charge on any atom is 0.466 e. The van der Waals surface area contributed by atoms with E-state index >= 15 is 0 Å². The molecule has 0 spiro atoms. The summed E-state index contributed by atoms with van der Waals surface area (Å²) in [6, 6.07) is 4.79. The Kier molecular flexibility index (Phi) is 5.24. The van der Waals surface area contributed by atoms with Gasteiger partial charge in [0.05, 0.1) is 0 Å². The van der Waals surface area contributed by atoms with Crippen LogP contribution < -0.4 is 0 Å². The van der Waals surface area contributed by atoms with E-state index in [1.165, 1.54) is 24.9 Å². The topological polar surface area (TPSA) is 93.9 Å². The minimum absolute atomic E-state index is 0.610. The van der Waals surface area contributed by atoms with Crippen molar-refractivity contribution in [1.29, 1.82) is 0 Å². The van der Waals surface area contributed by atoms with E-state index in [1.807, 2.05) is 18.5 Å². The van der Waals surface area contributed by atoms with E-state index in [0.717, 1.165) is 0 Å². The first-order valence-corrected chi connectivity index (χ1v) is 6.83. The van der Waals surface area contributed by atoms with Gasteiger partial charge in [-0.15, -0.1) is 0 Å². The summed E-state index contributed by atoms with van der Waals surface area (Å²) in [5.74, 6) is 0. The van der Waals surface area contributed by atoms with Gasteiger partial charge in [0.15, 0.2) is 0 Å². The van der Waals surface area contributed by atoms with Crippen LogP contribution >= 0.6 is 7.82 Å². The van der Waals surface area contributed by atoms with Crippen LogP contribution in [0.15, 0.2) is 24.5 Å². The highest BCUT2D eigenvalue weighted by Gasteiger charge is 2.21. The van der Waals surface area contributed by atoms with Gasteiger partial charge in [0.25, 0.3) is 0 Å². The van der Waals surface area contributed by atoms with Gasteiger partial charge in [0.2, 0.25) is 0 Å². The van der Waals surface area contributed by atoms with E-state index in [2.05, 4.69) is 23.0 Å². The Morgan fingerprint density at radius 1 is 1.47 bits per heavy atom. The molecule has 2 rings (SSSR count). The SMILES string of the molecule is CN1CCCC1c1cccnc1.O=P(O)(O)O. The fourth-order valence-electron chi connectivity index (χ4n) is 1.90. The highest BCUT2D eigenvalue weighted by atomic mass is 31.2. The molecule has 1 aromatic rings. The van der Waals surface area contributed by atoms with Gasteiger partial charge in [-0.25, -0.2) is 4.57 Å². The van der Waals surface area contributed by atoms with Gasteiger partial charge >= 0.3 is 7.82 Å². The lowest BCUT2D eigenvalue weighted by atomic mass is 10.1. The van der Waals surface area contributed by atoms with E-state index < -0.39 is 7.82 Å². The maximum atomic E-state index is 8.88. The molecule has 1 aliphatic heterocycles. The second kappa shape index (κ2) is 6.23. The molecular weight excluding hydrogens is 243 g/mol. The Balaban J connectivity index is 0.000000249. The lowest BCUT2D eigenvalue weighted by Gasteiger charge is -2.18. The fourth-order valence-corrected chi connectivity index (χ4v) is 1.90. The molecule has 7 heteroatoms. The third kappa shape index (κ3) is 5.91. The van der Waals surface area contributed by atoms with Gasteiger partial charge in [0, 0.05) is 18.4 Å². The van der Waals surface area contributed by atoms with Crippen molar-refractivity contribution in [2.24, 2.45) is 0 Å². The molecule has 0 aliphatic carbocycles. The van der Waals surface area contributed by atoms with Gasteiger partial charge in [-0.2, -0.15) is 0 Å². The number of likely N-dealkylation sites (tertiary alicyclic amines) is 1. The van der Waals surface area contributed by atoms with Gasteiger partial charge < -0.3 is 14.7 Å². The smallest absolute Gasteiger partial charge is 0.303 e. The van der Waals surface area contributed by atoms with Gasteiger partial charge in [-0.1, -0.05) is 6.07 Å². The van der Waals surface area contributed by atoms with Gasteiger partial charge in [-0.05, 0) is 38.1 Å². The number of hydrogen-bond acceptors (Lipinski definition) is 3. The molecule has 1 saturated heterocycles. The molecule has 1 aromatic heterocycles. The van der Waals surface area contributed by atoms with Crippen molar-refractivity contribution in [3.8, 4) is 0 Å². The van der Waals surface area contributed by atoms with Crippen LogP contribution in [-0.2, 0) is 4.57 Å².